The first-order valence-electron chi connectivity index (χ1n) is 7.91. The van der Waals surface area contributed by atoms with Gasteiger partial charge in [0.05, 0.1) is 11.2 Å². The molecule has 1 aliphatic carbocycles. The molecule has 1 aliphatic rings. The molecule has 0 aromatic carbocycles. The van der Waals surface area contributed by atoms with Crippen LogP contribution in [0.5, 0.6) is 0 Å². The number of carbonyl (C=O) groups is 1. The molecule has 1 heterocycles. The van der Waals surface area contributed by atoms with Gasteiger partial charge in [0.15, 0.2) is 0 Å². The maximum absolute atomic E-state index is 11.9. The van der Waals surface area contributed by atoms with Crippen LogP contribution in [0.3, 0.4) is 0 Å². The van der Waals surface area contributed by atoms with Gasteiger partial charge < -0.3 is 15.4 Å². The van der Waals surface area contributed by atoms with Crippen molar-refractivity contribution in [3.8, 4) is 0 Å². The molecule has 6 heteroatoms. The van der Waals surface area contributed by atoms with Gasteiger partial charge in [-0.1, -0.05) is 12.8 Å². The predicted molar refractivity (Wildman–Crippen MR) is 89.1 cm³/mol. The van der Waals surface area contributed by atoms with E-state index in [4.69, 9.17) is 4.74 Å². The Morgan fingerprint density at radius 2 is 2.09 bits per heavy atom. The van der Waals surface area contributed by atoms with Crippen LogP contribution in [0.25, 0.3) is 0 Å². The van der Waals surface area contributed by atoms with Crippen molar-refractivity contribution in [2.24, 2.45) is 0 Å². The van der Waals surface area contributed by atoms with Gasteiger partial charge in [-0.2, -0.15) is 0 Å². The first-order valence-corrected chi connectivity index (χ1v) is 8.78. The fourth-order valence-corrected chi connectivity index (χ4v) is 3.50. The van der Waals surface area contributed by atoms with Gasteiger partial charge in [-0.15, -0.1) is 11.3 Å². The molecule has 5 nitrogen and oxygen atoms in total. The van der Waals surface area contributed by atoms with Crippen LogP contribution >= 0.6 is 11.3 Å². The van der Waals surface area contributed by atoms with E-state index in [1.165, 1.54) is 17.7 Å². The molecule has 0 atom stereocenters. The standard InChI is InChI=1S/C16H27N3O2S/c1-12-13(22-11-18-12)9-19-16(7-5-6-8-16)10-17-14(20)21-15(2,3)4/h11,19H,5-10H2,1-4H3,(H,17,20). The molecule has 0 aliphatic heterocycles. The largest absolute Gasteiger partial charge is 0.444 e. The average Bonchev–Trinajstić information content (AvgIpc) is 3.02. The van der Waals surface area contributed by atoms with Crippen molar-refractivity contribution < 1.29 is 9.53 Å². The highest BCUT2D eigenvalue weighted by Crippen LogP contribution is 2.30. The summed E-state index contributed by atoms with van der Waals surface area (Å²) in [6, 6.07) is 0. The zero-order valence-corrected chi connectivity index (χ0v) is 14.8. The van der Waals surface area contributed by atoms with Crippen molar-refractivity contribution in [3.05, 3.63) is 16.1 Å². The zero-order valence-electron chi connectivity index (χ0n) is 14.0. The van der Waals surface area contributed by atoms with Gasteiger partial charge in [0.25, 0.3) is 0 Å². The first kappa shape index (κ1) is 17.2. The Bertz CT molecular complexity index is 502. The number of hydrogen-bond donors (Lipinski definition) is 2. The van der Waals surface area contributed by atoms with Gasteiger partial charge in [-0.05, 0) is 40.5 Å². The Hall–Kier alpha value is -1.14. The molecule has 1 amide bonds. The molecule has 1 aromatic heterocycles. The molecule has 1 aromatic rings. The fourth-order valence-electron chi connectivity index (χ4n) is 2.79. The first-order chi connectivity index (χ1) is 10.3. The summed E-state index contributed by atoms with van der Waals surface area (Å²) in [7, 11) is 0. The van der Waals surface area contributed by atoms with E-state index in [-0.39, 0.29) is 11.6 Å². The molecule has 0 unspecified atom stereocenters. The summed E-state index contributed by atoms with van der Waals surface area (Å²) in [5.41, 5.74) is 2.49. The van der Waals surface area contributed by atoms with Crippen molar-refractivity contribution in [3.63, 3.8) is 0 Å². The molecule has 0 saturated heterocycles. The molecule has 2 N–H and O–H groups in total. The number of aromatic nitrogens is 1. The number of nitrogens with one attached hydrogen (secondary N) is 2. The minimum absolute atomic E-state index is 0.0205. The summed E-state index contributed by atoms with van der Waals surface area (Å²) in [5.74, 6) is 0. The lowest BCUT2D eigenvalue weighted by Crippen LogP contribution is -2.51. The predicted octanol–water partition coefficient (Wildman–Crippen LogP) is 3.38. The Morgan fingerprint density at radius 1 is 1.41 bits per heavy atom. The van der Waals surface area contributed by atoms with E-state index in [1.54, 1.807) is 11.3 Å². The maximum Gasteiger partial charge on any atom is 0.407 e. The van der Waals surface area contributed by atoms with Gasteiger partial charge in [-0.25, -0.2) is 9.78 Å². The van der Waals surface area contributed by atoms with Gasteiger partial charge in [-0.3, -0.25) is 0 Å². The molecule has 0 spiro atoms. The monoisotopic (exact) mass is 325 g/mol. The van der Waals surface area contributed by atoms with Gasteiger partial charge in [0.2, 0.25) is 0 Å². The summed E-state index contributed by atoms with van der Waals surface area (Å²) in [6.45, 7) is 9.09. The van der Waals surface area contributed by atoms with Crippen molar-refractivity contribution in [2.45, 2.75) is 71.1 Å². The lowest BCUT2D eigenvalue weighted by Gasteiger charge is -2.31. The van der Waals surface area contributed by atoms with Gasteiger partial charge in [0.1, 0.15) is 5.60 Å². The summed E-state index contributed by atoms with van der Waals surface area (Å²) in [6.07, 6.45) is 4.23. The number of carbonyl (C=O) groups excluding carboxylic acids is 1. The maximum atomic E-state index is 11.9. The highest BCUT2D eigenvalue weighted by molar-refractivity contribution is 7.09. The Balaban J connectivity index is 1.88. The minimum atomic E-state index is -0.458. The SMILES string of the molecule is Cc1ncsc1CNC1(CNC(=O)OC(C)(C)C)CCCC1. The quantitative estimate of drug-likeness (QED) is 0.871. The van der Waals surface area contributed by atoms with Crippen LogP contribution in [0, 0.1) is 6.92 Å². The van der Waals surface area contributed by atoms with Crippen LogP contribution in [0.2, 0.25) is 0 Å². The number of hydrogen-bond acceptors (Lipinski definition) is 5. The third-order valence-corrected chi connectivity index (χ3v) is 4.93. The van der Waals surface area contributed by atoms with E-state index < -0.39 is 5.60 Å². The summed E-state index contributed by atoms with van der Waals surface area (Å²) >= 11 is 1.68. The topological polar surface area (TPSA) is 63.2 Å². The van der Waals surface area contributed by atoms with Crippen LogP contribution in [0.1, 0.15) is 57.0 Å². The molecule has 2 rings (SSSR count). The molecule has 1 saturated carbocycles. The van der Waals surface area contributed by atoms with Crippen LogP contribution in [-0.4, -0.2) is 28.8 Å². The van der Waals surface area contributed by atoms with Crippen LogP contribution < -0.4 is 10.6 Å². The lowest BCUT2D eigenvalue weighted by atomic mass is 9.97. The number of thiazole rings is 1. The summed E-state index contributed by atoms with van der Waals surface area (Å²) in [4.78, 5) is 17.4. The Kier molecular flexibility index (Phi) is 5.45. The van der Waals surface area contributed by atoms with E-state index in [1.807, 2.05) is 33.2 Å². The fraction of sp³-hybridized carbons (Fsp3) is 0.750. The molecule has 22 heavy (non-hydrogen) atoms. The normalized spacial score (nSPS) is 17.5. The molecule has 0 radical (unpaired) electrons. The van der Waals surface area contributed by atoms with Gasteiger partial charge >= 0.3 is 6.09 Å². The molecular weight excluding hydrogens is 298 g/mol. The van der Waals surface area contributed by atoms with Crippen molar-refractivity contribution >= 4 is 17.4 Å². The van der Waals surface area contributed by atoms with Gasteiger partial charge in [0, 0.05) is 23.5 Å². The summed E-state index contributed by atoms with van der Waals surface area (Å²) in [5, 5.41) is 6.59. The van der Waals surface area contributed by atoms with Crippen LogP contribution in [0.15, 0.2) is 5.51 Å². The highest BCUT2D eigenvalue weighted by atomic mass is 32.1. The zero-order chi connectivity index (χ0) is 16.2. The number of alkyl carbamates (subject to hydrolysis) is 1. The van der Waals surface area contributed by atoms with Crippen LogP contribution in [-0.2, 0) is 11.3 Å². The molecule has 124 valence electrons. The average molecular weight is 325 g/mol. The Morgan fingerprint density at radius 3 is 2.64 bits per heavy atom. The lowest BCUT2D eigenvalue weighted by molar-refractivity contribution is 0.0509. The highest BCUT2D eigenvalue weighted by Gasteiger charge is 2.34. The van der Waals surface area contributed by atoms with Crippen molar-refractivity contribution in [1.82, 2.24) is 15.6 Å². The number of ether oxygens (including phenoxy) is 1. The second kappa shape index (κ2) is 6.96. The van der Waals surface area contributed by atoms with E-state index in [2.05, 4.69) is 15.6 Å². The molecular formula is C16H27N3O2S. The minimum Gasteiger partial charge on any atom is -0.444 e. The smallest absolute Gasteiger partial charge is 0.407 e. The second-order valence-corrected chi connectivity index (χ2v) is 8.00. The number of aryl methyl sites for hydroxylation is 1. The third-order valence-electron chi connectivity index (χ3n) is 4.00. The van der Waals surface area contributed by atoms with Crippen molar-refractivity contribution in [1.29, 1.82) is 0 Å². The van der Waals surface area contributed by atoms with E-state index in [0.29, 0.717) is 6.54 Å². The van der Waals surface area contributed by atoms with Crippen LogP contribution in [0.4, 0.5) is 4.79 Å². The van der Waals surface area contributed by atoms with E-state index in [0.717, 1.165) is 25.1 Å². The molecule has 0 bridgehead atoms. The van der Waals surface area contributed by atoms with Crippen molar-refractivity contribution in [2.75, 3.05) is 6.54 Å². The molecule has 1 fully saturated rings. The summed E-state index contributed by atoms with van der Waals surface area (Å²) < 4.78 is 5.33. The third kappa shape index (κ3) is 4.95. The van der Waals surface area contributed by atoms with E-state index >= 15 is 0 Å². The number of rotatable bonds is 5. The number of nitrogens with zero attached hydrogens (tertiary/aromatic N) is 1. The van der Waals surface area contributed by atoms with E-state index in [9.17, 15) is 4.79 Å². The number of amides is 1. The second-order valence-electron chi connectivity index (χ2n) is 7.06. The Labute approximate surface area is 136 Å².